The Morgan fingerprint density at radius 1 is 0.578 bits per heavy atom. The van der Waals surface area contributed by atoms with E-state index < -0.39 is 55.1 Å². The van der Waals surface area contributed by atoms with Gasteiger partial charge in [-0.25, -0.2) is 0 Å². The number of hydrogen-bond donors (Lipinski definition) is 9. The number of ether oxygens (including phenoxy) is 2. The van der Waals surface area contributed by atoms with Crippen molar-refractivity contribution in [3.63, 3.8) is 0 Å². The van der Waals surface area contributed by atoms with Gasteiger partial charge in [0.05, 0.1) is 6.61 Å². The monoisotopic (exact) mass is 616 g/mol. The molecule has 7 rings (SSSR count). The summed E-state index contributed by atoms with van der Waals surface area (Å²) < 4.78 is 11.8. The second kappa shape index (κ2) is 10.8. The van der Waals surface area contributed by atoms with Crippen molar-refractivity contribution in [2.45, 2.75) is 54.4 Å². The van der Waals surface area contributed by atoms with Crippen molar-refractivity contribution in [2.75, 3.05) is 6.61 Å². The van der Waals surface area contributed by atoms with Crippen molar-refractivity contribution < 1.29 is 55.4 Å². The molecule has 0 amide bonds. The molecule has 4 aromatic carbocycles. The summed E-state index contributed by atoms with van der Waals surface area (Å²) in [6, 6.07) is 19.0. The Morgan fingerprint density at radius 3 is 1.82 bits per heavy atom. The molecule has 0 aromatic heterocycles. The van der Waals surface area contributed by atoms with Gasteiger partial charge in [0.1, 0.15) is 58.9 Å². The van der Waals surface area contributed by atoms with Gasteiger partial charge in [-0.15, -0.1) is 0 Å². The molecule has 1 aliphatic heterocycles. The Kier molecular flexibility index (Phi) is 7.03. The van der Waals surface area contributed by atoms with Gasteiger partial charge in [0.25, 0.3) is 0 Å². The van der Waals surface area contributed by atoms with Gasteiger partial charge in [0.2, 0.25) is 6.29 Å². The van der Waals surface area contributed by atoms with Crippen molar-refractivity contribution in [3.8, 4) is 34.5 Å². The zero-order valence-electron chi connectivity index (χ0n) is 23.7. The highest BCUT2D eigenvalue weighted by Gasteiger charge is 2.54. The number of aliphatic hydroxyl groups is 4. The van der Waals surface area contributed by atoms with Crippen molar-refractivity contribution in [1.82, 2.24) is 0 Å². The van der Waals surface area contributed by atoms with Crippen LogP contribution in [0.15, 0.2) is 72.8 Å². The summed E-state index contributed by atoms with van der Waals surface area (Å²) in [4.78, 5) is 0. The number of aliphatic hydroxyl groups excluding tert-OH is 4. The van der Waals surface area contributed by atoms with Gasteiger partial charge in [-0.2, -0.15) is 0 Å². The van der Waals surface area contributed by atoms with E-state index in [1.54, 1.807) is 60.7 Å². The number of phenolic OH excluding ortho intramolecular Hbond substituents is 5. The van der Waals surface area contributed by atoms with Gasteiger partial charge in [-0.05, 0) is 58.7 Å². The van der Waals surface area contributed by atoms with Crippen LogP contribution in [0.25, 0.3) is 0 Å². The van der Waals surface area contributed by atoms with E-state index >= 15 is 0 Å². The molecule has 0 spiro atoms. The van der Waals surface area contributed by atoms with Crippen molar-refractivity contribution in [2.24, 2.45) is 0 Å². The van der Waals surface area contributed by atoms with Crippen molar-refractivity contribution in [1.29, 1.82) is 0 Å². The number of aromatic hydroxyl groups is 5. The molecule has 9 N–H and O–H groups in total. The smallest absolute Gasteiger partial charge is 0.229 e. The summed E-state index contributed by atoms with van der Waals surface area (Å²) in [7, 11) is 0. The van der Waals surface area contributed by atoms with E-state index in [9.17, 15) is 46.0 Å². The molecule has 234 valence electrons. The third-order valence-electron chi connectivity index (χ3n) is 9.38. The molecule has 45 heavy (non-hydrogen) atoms. The van der Waals surface area contributed by atoms with Crippen molar-refractivity contribution >= 4 is 0 Å². The number of fused-ring (bicyclic) bond motifs is 7. The summed E-state index contributed by atoms with van der Waals surface area (Å²) in [6.45, 7) is -0.656. The minimum Gasteiger partial charge on any atom is -0.508 e. The lowest BCUT2D eigenvalue weighted by Crippen LogP contribution is -2.60. The number of benzene rings is 4. The minimum absolute atomic E-state index is 0.0531. The van der Waals surface area contributed by atoms with E-state index in [1.807, 2.05) is 0 Å². The van der Waals surface area contributed by atoms with Gasteiger partial charge < -0.3 is 55.4 Å². The lowest BCUT2D eigenvalue weighted by atomic mass is 9.63. The Labute approximate surface area is 257 Å². The molecule has 0 unspecified atom stereocenters. The Bertz CT molecular complexity index is 1740. The normalized spacial score (nSPS) is 30.0. The second-order valence-electron chi connectivity index (χ2n) is 11.9. The lowest BCUT2D eigenvalue weighted by molar-refractivity contribution is -0.277. The predicted molar refractivity (Wildman–Crippen MR) is 158 cm³/mol. The summed E-state index contributed by atoms with van der Waals surface area (Å²) in [5, 5.41) is 94.4. The van der Waals surface area contributed by atoms with Gasteiger partial charge in [-0.1, -0.05) is 24.3 Å². The largest absolute Gasteiger partial charge is 0.508 e. The van der Waals surface area contributed by atoms with Crippen LogP contribution < -0.4 is 4.74 Å². The minimum atomic E-state index is -1.71. The Balaban J connectivity index is 1.47. The molecule has 3 aliphatic rings. The summed E-state index contributed by atoms with van der Waals surface area (Å²) >= 11 is 0. The van der Waals surface area contributed by atoms with Gasteiger partial charge >= 0.3 is 0 Å². The Morgan fingerprint density at radius 2 is 1.18 bits per heavy atom. The van der Waals surface area contributed by atoms with Crippen LogP contribution in [0.2, 0.25) is 0 Å². The summed E-state index contributed by atoms with van der Waals surface area (Å²) in [5.74, 6) is -2.25. The van der Waals surface area contributed by atoms with E-state index in [0.29, 0.717) is 22.3 Å². The first-order valence-electron chi connectivity index (χ1n) is 14.5. The molecule has 2 aliphatic carbocycles. The van der Waals surface area contributed by atoms with E-state index in [-0.39, 0.29) is 40.4 Å². The van der Waals surface area contributed by atoms with Crippen LogP contribution in [0, 0.1) is 0 Å². The fraction of sp³-hybridized carbons (Fsp3) is 0.294. The molecular formula is C34H32O11. The van der Waals surface area contributed by atoms with E-state index in [4.69, 9.17) is 9.47 Å². The van der Waals surface area contributed by atoms with Crippen LogP contribution in [0.4, 0.5) is 0 Å². The van der Waals surface area contributed by atoms with Crippen LogP contribution >= 0.6 is 0 Å². The lowest BCUT2D eigenvalue weighted by Gasteiger charge is -2.40. The highest BCUT2D eigenvalue weighted by molar-refractivity contribution is 5.69. The SMILES string of the molecule is OC[C@H]1O[C@@H](Oc2cc(O)cc3c2[C@@H]2c4cc(O)cc(O)c4[C@@H](c4ccc(O)cc4)[C@H]3[C@@H]2c2ccc(O)cc2)[C@H](O)[C@@H](O)[C@@H]1O. The predicted octanol–water partition coefficient (Wildman–Crippen LogP) is 2.55. The van der Waals surface area contributed by atoms with Gasteiger partial charge in [0.15, 0.2) is 0 Å². The van der Waals surface area contributed by atoms with Crippen LogP contribution in [-0.2, 0) is 4.74 Å². The van der Waals surface area contributed by atoms with Crippen LogP contribution in [0.3, 0.4) is 0 Å². The zero-order chi connectivity index (χ0) is 31.7. The van der Waals surface area contributed by atoms with Crippen LogP contribution in [0.1, 0.15) is 57.1 Å². The number of phenols is 5. The first-order valence-corrected chi connectivity index (χ1v) is 14.5. The Hall–Kier alpha value is -4.52. The van der Waals surface area contributed by atoms with Crippen molar-refractivity contribution in [3.05, 3.63) is 106 Å². The van der Waals surface area contributed by atoms with E-state index in [2.05, 4.69) is 0 Å². The molecule has 1 heterocycles. The second-order valence-corrected chi connectivity index (χ2v) is 11.9. The molecule has 11 heteroatoms. The fourth-order valence-corrected chi connectivity index (χ4v) is 7.52. The highest BCUT2D eigenvalue weighted by atomic mass is 16.7. The quantitative estimate of drug-likeness (QED) is 0.160. The van der Waals surface area contributed by atoms with E-state index in [1.165, 1.54) is 12.1 Å². The zero-order valence-corrected chi connectivity index (χ0v) is 23.7. The van der Waals surface area contributed by atoms with Gasteiger partial charge in [0, 0.05) is 46.9 Å². The molecule has 2 bridgehead atoms. The van der Waals surface area contributed by atoms with Crippen LogP contribution in [0.5, 0.6) is 34.5 Å². The average molecular weight is 617 g/mol. The molecule has 0 saturated carbocycles. The summed E-state index contributed by atoms with van der Waals surface area (Å²) in [6.07, 6.45) is -7.76. The average Bonchev–Trinajstić information content (AvgIpc) is 3.28. The highest BCUT2D eigenvalue weighted by Crippen LogP contribution is 2.69. The third kappa shape index (κ3) is 4.63. The number of hydrogen-bond acceptors (Lipinski definition) is 11. The molecule has 1 saturated heterocycles. The topological polar surface area (TPSA) is 201 Å². The maximum atomic E-state index is 11.3. The van der Waals surface area contributed by atoms with Crippen LogP contribution in [-0.4, -0.2) is 83.3 Å². The molecule has 4 aromatic rings. The maximum Gasteiger partial charge on any atom is 0.229 e. The number of rotatable bonds is 5. The van der Waals surface area contributed by atoms with Gasteiger partial charge in [-0.3, -0.25) is 0 Å². The summed E-state index contributed by atoms with van der Waals surface area (Å²) in [5.41, 5.74) is 3.89. The molecule has 9 atom stereocenters. The first kappa shape index (κ1) is 29.2. The third-order valence-corrected chi connectivity index (χ3v) is 9.38. The molecular weight excluding hydrogens is 584 g/mol. The standard InChI is InChI=1S/C34H32O11/c35-13-24-31(41)32(42)33(43)34(45-24)44-23-12-19(39)10-21-28(23)30-20-9-18(38)11-22(40)27(20)25(14-1-5-16(36)6-2-14)29(21)26(30)15-3-7-17(37)8-4-15/h1-12,24-26,29-43H,13H2/t24-,25-,26+,29+,30-,31-,32+,33-,34-/m1/s1. The fourth-order valence-electron chi connectivity index (χ4n) is 7.52. The first-order chi connectivity index (χ1) is 21.6. The molecule has 1 fully saturated rings. The molecule has 11 nitrogen and oxygen atoms in total. The molecule has 0 radical (unpaired) electrons. The maximum absolute atomic E-state index is 11.3. The van der Waals surface area contributed by atoms with E-state index in [0.717, 1.165) is 11.1 Å².